The summed E-state index contributed by atoms with van der Waals surface area (Å²) in [6.07, 6.45) is -10.1. The van der Waals surface area contributed by atoms with Gasteiger partial charge in [-0.3, -0.25) is 4.79 Å². The highest BCUT2D eigenvalue weighted by Crippen LogP contribution is 2.37. The lowest BCUT2D eigenvalue weighted by Crippen LogP contribution is -2.16. The molecule has 0 aliphatic carbocycles. The second kappa shape index (κ2) is 8.08. The van der Waals surface area contributed by atoms with E-state index in [2.05, 4.69) is 5.10 Å². The Hall–Kier alpha value is -2.72. The zero-order valence-electron chi connectivity index (χ0n) is 15.4. The topological polar surface area (TPSA) is 46.9 Å². The number of halogens is 8. The first-order chi connectivity index (χ1) is 14.2. The number of anilines is 1. The fraction of sp³-hybridized carbons (Fsp3) is 0.158. The van der Waals surface area contributed by atoms with E-state index in [1.54, 1.807) is 6.92 Å². The zero-order chi connectivity index (χ0) is 23.1. The van der Waals surface area contributed by atoms with Crippen LogP contribution in [0.25, 0.3) is 5.69 Å². The Morgan fingerprint density at radius 1 is 0.871 bits per heavy atom. The van der Waals surface area contributed by atoms with Gasteiger partial charge in [0.1, 0.15) is 0 Å². The Bertz CT molecular complexity index is 1100. The van der Waals surface area contributed by atoms with Crippen molar-refractivity contribution in [3.05, 3.63) is 75.0 Å². The van der Waals surface area contributed by atoms with Gasteiger partial charge in [0.05, 0.1) is 16.8 Å². The van der Waals surface area contributed by atoms with Crippen molar-refractivity contribution < 1.29 is 31.1 Å². The highest BCUT2D eigenvalue weighted by Gasteiger charge is 2.37. The van der Waals surface area contributed by atoms with Gasteiger partial charge in [-0.05, 0) is 49.4 Å². The van der Waals surface area contributed by atoms with Crippen LogP contribution in [0, 0.1) is 6.92 Å². The van der Waals surface area contributed by atoms with Crippen molar-refractivity contribution in [3.8, 4) is 5.69 Å². The van der Waals surface area contributed by atoms with Crippen LogP contribution in [0.4, 0.5) is 32.0 Å². The molecule has 31 heavy (non-hydrogen) atoms. The molecule has 0 spiro atoms. The summed E-state index contributed by atoms with van der Waals surface area (Å²) >= 11 is 11.9. The molecule has 0 atom stereocenters. The molecule has 0 saturated carbocycles. The number of aryl methyl sites for hydroxylation is 1. The zero-order valence-corrected chi connectivity index (χ0v) is 16.9. The first kappa shape index (κ1) is 23.0. The molecule has 1 amide bonds. The van der Waals surface area contributed by atoms with Crippen LogP contribution in [0.15, 0.2) is 42.5 Å². The molecule has 0 radical (unpaired) electrons. The lowest BCUT2D eigenvalue weighted by Gasteiger charge is -2.14. The number of nitrogens with zero attached hydrogens (tertiary/aromatic N) is 2. The Morgan fingerprint density at radius 2 is 1.39 bits per heavy atom. The summed E-state index contributed by atoms with van der Waals surface area (Å²) in [6.45, 7) is 1.59. The fourth-order valence-corrected chi connectivity index (χ4v) is 3.25. The molecule has 0 unspecified atom stereocenters. The van der Waals surface area contributed by atoms with Gasteiger partial charge in [-0.15, -0.1) is 0 Å². The predicted octanol–water partition coefficient (Wildman–Crippen LogP) is 6.78. The fourth-order valence-electron chi connectivity index (χ4n) is 2.73. The molecule has 3 rings (SSSR count). The largest absolute Gasteiger partial charge is 0.416 e. The monoisotopic (exact) mass is 481 g/mol. The average molecular weight is 482 g/mol. The van der Waals surface area contributed by atoms with Gasteiger partial charge < -0.3 is 5.32 Å². The summed E-state index contributed by atoms with van der Waals surface area (Å²) in [4.78, 5) is 12.5. The third-order valence-corrected chi connectivity index (χ3v) is 4.49. The van der Waals surface area contributed by atoms with Crippen molar-refractivity contribution in [2.75, 3.05) is 5.32 Å². The van der Waals surface area contributed by atoms with Crippen LogP contribution in [0.5, 0.6) is 0 Å². The van der Waals surface area contributed by atoms with Crippen molar-refractivity contribution in [2.45, 2.75) is 19.3 Å². The van der Waals surface area contributed by atoms with Crippen molar-refractivity contribution in [1.29, 1.82) is 0 Å². The van der Waals surface area contributed by atoms with Crippen LogP contribution in [0.1, 0.15) is 27.3 Å². The second-order valence-corrected chi connectivity index (χ2v) is 7.33. The van der Waals surface area contributed by atoms with Gasteiger partial charge in [-0.2, -0.15) is 31.4 Å². The molecular formula is C19H11Cl2F6N3O. The van der Waals surface area contributed by atoms with Gasteiger partial charge in [0.25, 0.3) is 5.91 Å². The van der Waals surface area contributed by atoms with E-state index in [0.29, 0.717) is 33.6 Å². The highest BCUT2D eigenvalue weighted by molar-refractivity contribution is 6.34. The normalized spacial score (nSPS) is 12.2. The van der Waals surface area contributed by atoms with Crippen LogP contribution < -0.4 is 5.32 Å². The summed E-state index contributed by atoms with van der Waals surface area (Å²) < 4.78 is 79.2. The van der Waals surface area contributed by atoms with Gasteiger partial charge in [-0.25, -0.2) is 4.68 Å². The number of benzene rings is 2. The molecule has 0 saturated heterocycles. The van der Waals surface area contributed by atoms with E-state index in [9.17, 15) is 31.1 Å². The molecule has 0 fully saturated rings. The van der Waals surface area contributed by atoms with Gasteiger partial charge in [0.2, 0.25) is 0 Å². The lowest BCUT2D eigenvalue weighted by molar-refractivity contribution is -0.143. The molecule has 164 valence electrons. The molecule has 1 aromatic heterocycles. The van der Waals surface area contributed by atoms with Crippen LogP contribution in [0.3, 0.4) is 0 Å². The van der Waals surface area contributed by atoms with E-state index in [1.807, 2.05) is 5.32 Å². The molecule has 12 heteroatoms. The summed E-state index contributed by atoms with van der Waals surface area (Å²) in [6, 6.07) is 6.60. The molecule has 2 aromatic carbocycles. The Morgan fingerprint density at radius 3 is 1.87 bits per heavy atom. The summed E-state index contributed by atoms with van der Waals surface area (Å²) in [5.74, 6) is -0.998. The standard InChI is InChI=1S/C19H11Cl2F6N3O/c1-9-2-16(29-30(9)15-7-12(20)6-13(21)8-15)17(31)28-14-4-10(18(22,23)24)3-11(5-14)19(25,26)27/h2-8H,1H3,(H,28,31). The first-order valence-corrected chi connectivity index (χ1v) is 9.13. The number of amides is 1. The number of hydrogen-bond acceptors (Lipinski definition) is 2. The van der Waals surface area contributed by atoms with Crippen molar-refractivity contribution in [3.63, 3.8) is 0 Å². The second-order valence-electron chi connectivity index (χ2n) is 6.46. The smallest absolute Gasteiger partial charge is 0.321 e. The number of carbonyl (C=O) groups excluding carboxylic acids is 1. The first-order valence-electron chi connectivity index (χ1n) is 8.38. The number of alkyl halides is 6. The van der Waals surface area contributed by atoms with Crippen molar-refractivity contribution in [1.82, 2.24) is 9.78 Å². The third kappa shape index (κ3) is 5.31. The van der Waals surface area contributed by atoms with Crippen molar-refractivity contribution >= 4 is 34.8 Å². The number of aromatic nitrogens is 2. The predicted molar refractivity (Wildman–Crippen MR) is 103 cm³/mol. The minimum Gasteiger partial charge on any atom is -0.321 e. The third-order valence-electron chi connectivity index (χ3n) is 4.06. The van der Waals surface area contributed by atoms with Gasteiger partial charge in [0, 0.05) is 21.4 Å². The maximum Gasteiger partial charge on any atom is 0.416 e. The molecule has 0 aliphatic heterocycles. The Balaban J connectivity index is 1.95. The molecule has 0 bridgehead atoms. The maximum absolute atomic E-state index is 13.0. The molecule has 0 aliphatic rings. The highest BCUT2D eigenvalue weighted by atomic mass is 35.5. The lowest BCUT2D eigenvalue weighted by atomic mass is 10.1. The average Bonchev–Trinajstić information content (AvgIpc) is 3.01. The SMILES string of the molecule is Cc1cc(C(=O)Nc2cc(C(F)(F)F)cc(C(F)(F)F)c2)nn1-c1cc(Cl)cc(Cl)c1. The molecule has 1 heterocycles. The molecule has 4 nitrogen and oxygen atoms in total. The summed E-state index contributed by atoms with van der Waals surface area (Å²) in [5.41, 5.74) is -3.15. The number of nitrogens with one attached hydrogen (secondary N) is 1. The summed E-state index contributed by atoms with van der Waals surface area (Å²) in [5, 5.41) is 6.67. The number of hydrogen-bond donors (Lipinski definition) is 1. The minimum absolute atomic E-state index is 0.0303. The van der Waals surface area contributed by atoms with Gasteiger partial charge >= 0.3 is 12.4 Å². The maximum atomic E-state index is 13.0. The van der Waals surface area contributed by atoms with E-state index in [0.717, 1.165) is 0 Å². The van der Waals surface area contributed by atoms with Gasteiger partial charge in [0.15, 0.2) is 5.69 Å². The van der Waals surface area contributed by atoms with E-state index in [4.69, 9.17) is 23.2 Å². The minimum atomic E-state index is -5.04. The van der Waals surface area contributed by atoms with Crippen LogP contribution in [0.2, 0.25) is 10.0 Å². The Labute approximate surface area is 181 Å². The van der Waals surface area contributed by atoms with E-state index < -0.39 is 35.1 Å². The van der Waals surface area contributed by atoms with Crippen LogP contribution >= 0.6 is 23.2 Å². The van der Waals surface area contributed by atoms with E-state index in [-0.39, 0.29) is 11.8 Å². The van der Waals surface area contributed by atoms with E-state index in [1.165, 1.54) is 28.9 Å². The van der Waals surface area contributed by atoms with Crippen LogP contribution in [-0.2, 0) is 12.4 Å². The van der Waals surface area contributed by atoms with E-state index >= 15 is 0 Å². The summed E-state index contributed by atoms with van der Waals surface area (Å²) in [7, 11) is 0. The molecule has 1 N–H and O–H groups in total. The van der Waals surface area contributed by atoms with Crippen molar-refractivity contribution in [2.24, 2.45) is 0 Å². The number of carbonyl (C=O) groups is 1. The Kier molecular flexibility index (Phi) is 5.98. The quantitative estimate of drug-likeness (QED) is 0.419. The molecular weight excluding hydrogens is 471 g/mol. The number of rotatable bonds is 3. The molecule has 3 aromatic rings. The van der Waals surface area contributed by atoms with Gasteiger partial charge in [-0.1, -0.05) is 23.2 Å². The van der Waals surface area contributed by atoms with Crippen LogP contribution in [-0.4, -0.2) is 15.7 Å².